The predicted octanol–water partition coefficient (Wildman–Crippen LogP) is -0.608. The SMILES string of the molecule is O=P([O-])(O)O.[NH3+]CCc1c[nH]c2ccccc12. The minimum atomic E-state index is -4.89. The Morgan fingerprint density at radius 3 is 2.53 bits per heavy atom. The fourth-order valence-corrected chi connectivity index (χ4v) is 1.53. The molecule has 0 spiro atoms. The molecule has 0 saturated carbocycles. The molecule has 2 rings (SSSR count). The molecule has 6 nitrogen and oxygen atoms in total. The summed E-state index contributed by atoms with van der Waals surface area (Å²) < 4.78 is 8.77. The van der Waals surface area contributed by atoms with Crippen molar-refractivity contribution in [1.82, 2.24) is 4.98 Å². The van der Waals surface area contributed by atoms with Gasteiger partial charge < -0.3 is 25.4 Å². The molecule has 0 bridgehead atoms. The van der Waals surface area contributed by atoms with Crippen molar-refractivity contribution in [3.8, 4) is 0 Å². The Morgan fingerprint density at radius 2 is 1.94 bits per heavy atom. The number of H-pyrrole nitrogens is 1. The summed E-state index contributed by atoms with van der Waals surface area (Å²) in [6.45, 7) is 0.960. The molecule has 0 amide bonds. The Hall–Kier alpha value is -1.17. The van der Waals surface area contributed by atoms with Gasteiger partial charge in [0, 0.05) is 23.5 Å². The molecule has 0 unspecified atom stereocenters. The number of nitrogens with one attached hydrogen (secondary N) is 1. The second kappa shape index (κ2) is 5.95. The van der Waals surface area contributed by atoms with Crippen molar-refractivity contribution in [1.29, 1.82) is 0 Å². The van der Waals surface area contributed by atoms with Gasteiger partial charge in [0.25, 0.3) is 7.82 Å². The molecule has 2 aromatic rings. The monoisotopic (exact) mass is 258 g/mol. The number of hydrogen-bond acceptors (Lipinski definition) is 2. The second-order valence-electron chi connectivity index (χ2n) is 3.45. The highest BCUT2D eigenvalue weighted by Gasteiger charge is 2.00. The Labute approximate surface area is 98.3 Å². The molecule has 0 fully saturated rings. The average molecular weight is 258 g/mol. The molecule has 1 aromatic heterocycles. The number of benzene rings is 1. The lowest BCUT2D eigenvalue weighted by Gasteiger charge is -2.01. The minimum absolute atomic E-state index is 0.960. The maximum Gasteiger partial charge on any atom is 0.262 e. The van der Waals surface area contributed by atoms with E-state index in [0.29, 0.717) is 0 Å². The Kier molecular flexibility index (Phi) is 4.86. The number of para-hydroxylation sites is 1. The molecule has 0 aliphatic rings. The van der Waals surface area contributed by atoms with Crippen LogP contribution in [0.3, 0.4) is 0 Å². The van der Waals surface area contributed by atoms with E-state index in [1.807, 2.05) is 6.07 Å². The maximum absolute atomic E-state index is 8.77. The number of hydrogen-bond donors (Lipinski definition) is 4. The summed E-state index contributed by atoms with van der Waals surface area (Å²) in [5.41, 5.74) is 6.45. The molecular weight excluding hydrogens is 243 g/mol. The summed E-state index contributed by atoms with van der Waals surface area (Å²) in [6.07, 6.45) is 3.14. The fraction of sp³-hybridized carbons (Fsp3) is 0.200. The van der Waals surface area contributed by atoms with Crippen molar-refractivity contribution < 1.29 is 25.0 Å². The number of aromatic amines is 1. The highest BCUT2D eigenvalue weighted by atomic mass is 31.2. The van der Waals surface area contributed by atoms with Crippen molar-refractivity contribution in [2.75, 3.05) is 6.54 Å². The lowest BCUT2D eigenvalue weighted by Crippen LogP contribution is -2.51. The van der Waals surface area contributed by atoms with Gasteiger partial charge in [-0.3, -0.25) is 4.57 Å². The molecule has 0 radical (unpaired) electrons. The summed E-state index contributed by atoms with van der Waals surface area (Å²) in [4.78, 5) is 26.2. The van der Waals surface area contributed by atoms with Crippen LogP contribution in [0.4, 0.5) is 0 Å². The van der Waals surface area contributed by atoms with Gasteiger partial charge in [0.05, 0.1) is 6.54 Å². The van der Waals surface area contributed by atoms with Crippen molar-refractivity contribution >= 4 is 18.7 Å². The fourth-order valence-electron chi connectivity index (χ4n) is 1.53. The predicted molar refractivity (Wildman–Crippen MR) is 61.8 cm³/mol. The van der Waals surface area contributed by atoms with E-state index in [0.717, 1.165) is 13.0 Å². The molecule has 1 heterocycles. The molecule has 0 atom stereocenters. The molecule has 6 N–H and O–H groups in total. The van der Waals surface area contributed by atoms with Gasteiger partial charge in [0.15, 0.2) is 0 Å². The normalized spacial score (nSPS) is 11.1. The summed E-state index contributed by atoms with van der Waals surface area (Å²) in [7, 11) is -4.89. The van der Waals surface area contributed by atoms with Crippen molar-refractivity contribution in [3.05, 3.63) is 36.0 Å². The van der Waals surface area contributed by atoms with E-state index >= 15 is 0 Å². The first-order valence-electron chi connectivity index (χ1n) is 5.02. The van der Waals surface area contributed by atoms with E-state index in [1.165, 1.54) is 16.5 Å². The average Bonchev–Trinajstić information content (AvgIpc) is 2.60. The lowest BCUT2D eigenvalue weighted by atomic mass is 10.1. The third-order valence-electron chi connectivity index (χ3n) is 2.12. The number of aromatic nitrogens is 1. The maximum atomic E-state index is 8.77. The van der Waals surface area contributed by atoms with Crippen molar-refractivity contribution in [2.24, 2.45) is 0 Å². The molecule has 0 aliphatic carbocycles. The van der Waals surface area contributed by atoms with Gasteiger partial charge in [0.1, 0.15) is 0 Å². The number of fused-ring (bicyclic) bond motifs is 1. The molecule has 1 aromatic carbocycles. The van der Waals surface area contributed by atoms with Crippen molar-refractivity contribution in [2.45, 2.75) is 6.42 Å². The lowest BCUT2D eigenvalue weighted by molar-refractivity contribution is -0.366. The zero-order valence-corrected chi connectivity index (χ0v) is 10.1. The topological polar surface area (TPSA) is 124 Å². The molecule has 17 heavy (non-hydrogen) atoms. The zero-order valence-electron chi connectivity index (χ0n) is 9.17. The molecule has 94 valence electrons. The van der Waals surface area contributed by atoms with Gasteiger partial charge in [-0.15, -0.1) is 0 Å². The van der Waals surface area contributed by atoms with Crippen LogP contribution in [0.5, 0.6) is 0 Å². The van der Waals surface area contributed by atoms with Gasteiger partial charge in [-0.05, 0) is 11.6 Å². The van der Waals surface area contributed by atoms with Gasteiger partial charge in [-0.25, -0.2) is 0 Å². The Morgan fingerprint density at radius 1 is 1.35 bits per heavy atom. The van der Waals surface area contributed by atoms with E-state index in [2.05, 4.69) is 35.1 Å². The van der Waals surface area contributed by atoms with E-state index in [1.54, 1.807) is 0 Å². The van der Waals surface area contributed by atoms with Crippen LogP contribution in [0, 0.1) is 0 Å². The summed E-state index contributed by atoms with van der Waals surface area (Å²) in [5, 5.41) is 1.33. The summed E-state index contributed by atoms with van der Waals surface area (Å²) >= 11 is 0. The van der Waals surface area contributed by atoms with E-state index in [9.17, 15) is 0 Å². The molecular formula is C10H15N2O4P. The van der Waals surface area contributed by atoms with Crippen LogP contribution < -0.4 is 10.6 Å². The van der Waals surface area contributed by atoms with Gasteiger partial charge >= 0.3 is 0 Å². The molecule has 7 heteroatoms. The van der Waals surface area contributed by atoms with Crippen LogP contribution >= 0.6 is 7.82 Å². The smallest absolute Gasteiger partial charge is 0.262 e. The van der Waals surface area contributed by atoms with E-state index < -0.39 is 7.82 Å². The van der Waals surface area contributed by atoms with Crippen LogP contribution in [0.15, 0.2) is 30.5 Å². The quantitative estimate of drug-likeness (QED) is 0.536. The van der Waals surface area contributed by atoms with E-state index in [-0.39, 0.29) is 0 Å². The molecule has 0 saturated heterocycles. The van der Waals surface area contributed by atoms with Crippen LogP contribution in [0.2, 0.25) is 0 Å². The largest absolute Gasteiger partial charge is 0.756 e. The second-order valence-corrected chi connectivity index (χ2v) is 4.43. The van der Waals surface area contributed by atoms with Gasteiger partial charge in [-0.1, -0.05) is 18.2 Å². The van der Waals surface area contributed by atoms with Crippen LogP contribution in [-0.2, 0) is 11.0 Å². The standard InChI is InChI=1S/C10H12N2.H3O4P/c11-6-5-8-7-12-10-4-2-1-3-9(8)10;1-5(2,3)4/h1-4,7,12H,5-6,11H2;(H3,1,2,3,4). The van der Waals surface area contributed by atoms with E-state index in [4.69, 9.17) is 19.2 Å². The Balaban J connectivity index is 0.000000249. The number of phosphoric acid groups is 1. The van der Waals surface area contributed by atoms with Crippen LogP contribution in [0.1, 0.15) is 5.56 Å². The minimum Gasteiger partial charge on any atom is -0.756 e. The first-order valence-corrected chi connectivity index (χ1v) is 6.55. The number of rotatable bonds is 2. The third-order valence-corrected chi connectivity index (χ3v) is 2.12. The third kappa shape index (κ3) is 5.12. The zero-order chi connectivity index (χ0) is 12.9. The van der Waals surface area contributed by atoms with Crippen LogP contribution in [0.25, 0.3) is 10.9 Å². The number of quaternary nitrogens is 1. The summed E-state index contributed by atoms with van der Waals surface area (Å²) in [6, 6.07) is 8.37. The Bertz CT molecular complexity index is 511. The first-order chi connectivity index (χ1) is 7.92. The highest BCUT2D eigenvalue weighted by molar-refractivity contribution is 7.43. The summed E-state index contributed by atoms with van der Waals surface area (Å²) in [5.74, 6) is 0. The van der Waals surface area contributed by atoms with Crippen LogP contribution in [-0.4, -0.2) is 21.3 Å². The highest BCUT2D eigenvalue weighted by Crippen LogP contribution is 2.19. The van der Waals surface area contributed by atoms with Gasteiger partial charge in [0.2, 0.25) is 0 Å². The first kappa shape index (κ1) is 13.9. The van der Waals surface area contributed by atoms with Crippen molar-refractivity contribution in [3.63, 3.8) is 0 Å². The molecule has 0 aliphatic heterocycles. The van der Waals surface area contributed by atoms with Gasteiger partial charge in [-0.2, -0.15) is 0 Å².